The first-order valence-electron chi connectivity index (χ1n) is 12.7. The van der Waals surface area contributed by atoms with E-state index in [2.05, 4.69) is 18.7 Å². The first-order chi connectivity index (χ1) is 17.0. The van der Waals surface area contributed by atoms with Gasteiger partial charge in [-0.2, -0.15) is 0 Å². The fourth-order valence-electron chi connectivity index (χ4n) is 4.46. The molecule has 0 saturated carbocycles. The van der Waals surface area contributed by atoms with Crippen molar-refractivity contribution in [1.29, 1.82) is 0 Å². The number of aliphatic hydroxyl groups excluding tert-OH is 1. The van der Waals surface area contributed by atoms with Crippen LogP contribution in [-0.2, 0) is 14.3 Å². The third-order valence-corrected chi connectivity index (χ3v) is 6.36. The van der Waals surface area contributed by atoms with Crippen LogP contribution in [0.25, 0.3) is 0 Å². The molecule has 1 saturated heterocycles. The normalized spacial score (nSPS) is 21.0. The molecule has 0 aromatic heterocycles. The molecule has 0 aliphatic carbocycles. The largest absolute Gasteiger partial charge is 0.466 e. The number of benzene rings is 1. The number of hydrogen-bond acceptors (Lipinski definition) is 7. The number of amides is 1. The molecular formula is C27H42N2O6. The van der Waals surface area contributed by atoms with E-state index >= 15 is 0 Å². The number of aliphatic hydroxyl groups is 1. The summed E-state index contributed by atoms with van der Waals surface area (Å²) in [5.74, 6) is 0.911. The fourth-order valence-corrected chi connectivity index (χ4v) is 4.46. The summed E-state index contributed by atoms with van der Waals surface area (Å²) in [4.78, 5) is 27.0. The highest BCUT2D eigenvalue weighted by Crippen LogP contribution is 2.42. The van der Waals surface area contributed by atoms with E-state index < -0.39 is 0 Å². The molecule has 8 nitrogen and oxygen atoms in total. The predicted octanol–water partition coefficient (Wildman–Crippen LogP) is 3.59. The lowest BCUT2D eigenvalue weighted by Gasteiger charge is -2.22. The van der Waals surface area contributed by atoms with Crippen LogP contribution in [0.15, 0.2) is 30.4 Å². The average Bonchev–Trinajstić information content (AvgIpc) is 3.47. The summed E-state index contributed by atoms with van der Waals surface area (Å²) in [6.45, 7) is 9.21. The molecule has 1 aromatic carbocycles. The van der Waals surface area contributed by atoms with E-state index in [0.717, 1.165) is 63.0 Å². The Morgan fingerprint density at radius 1 is 1.17 bits per heavy atom. The minimum absolute atomic E-state index is 0.00288. The molecule has 3 atom stereocenters. The molecule has 2 heterocycles. The molecule has 3 rings (SSSR count). The maximum Gasteiger partial charge on any atom is 0.311 e. The maximum absolute atomic E-state index is 12.6. The molecule has 3 unspecified atom stereocenters. The van der Waals surface area contributed by atoms with Crippen molar-refractivity contribution in [3.8, 4) is 11.5 Å². The first-order valence-corrected chi connectivity index (χ1v) is 12.7. The molecule has 0 radical (unpaired) electrons. The Hall–Kier alpha value is -2.58. The number of esters is 1. The Kier molecular flexibility index (Phi) is 12.6. The van der Waals surface area contributed by atoms with Gasteiger partial charge in [-0.15, -0.1) is 0 Å². The topological polar surface area (TPSA) is 88.5 Å². The van der Waals surface area contributed by atoms with Gasteiger partial charge in [-0.05, 0) is 44.5 Å². The monoisotopic (exact) mass is 490 g/mol. The fraction of sp³-hybridized carbons (Fsp3) is 0.630. The van der Waals surface area contributed by atoms with Gasteiger partial charge in [-0.25, -0.2) is 0 Å². The standard InChI is InChI=1S/C18H23NO5.C9H19NO/c1-3-22-18(21)17-13(10-19(2)14(17)5-4-8-20)12-6-7-15-16(9-12)24-11-23-15;1-3-5-7-10(9-11)8-6-4-2/h4-7,9,13-14,17,20H,3,8,10-11H2,1-2H3;9H,3-8H2,1-2H3. The van der Waals surface area contributed by atoms with Gasteiger partial charge in [0.1, 0.15) is 0 Å². The smallest absolute Gasteiger partial charge is 0.311 e. The molecule has 1 aromatic rings. The third-order valence-electron chi connectivity index (χ3n) is 6.36. The zero-order chi connectivity index (χ0) is 25.6. The van der Waals surface area contributed by atoms with E-state index in [4.69, 9.17) is 19.3 Å². The quantitative estimate of drug-likeness (QED) is 0.272. The summed E-state index contributed by atoms with van der Waals surface area (Å²) in [6, 6.07) is 5.71. The van der Waals surface area contributed by atoms with Crippen LogP contribution in [-0.4, -0.2) is 80.0 Å². The molecule has 35 heavy (non-hydrogen) atoms. The van der Waals surface area contributed by atoms with Gasteiger partial charge in [0.25, 0.3) is 0 Å². The van der Waals surface area contributed by atoms with Crippen molar-refractivity contribution in [2.24, 2.45) is 5.92 Å². The van der Waals surface area contributed by atoms with E-state index in [1.165, 1.54) is 0 Å². The van der Waals surface area contributed by atoms with Crippen LogP contribution in [0.2, 0.25) is 0 Å². The molecular weight excluding hydrogens is 448 g/mol. The second-order valence-electron chi connectivity index (χ2n) is 8.89. The zero-order valence-corrected chi connectivity index (χ0v) is 21.7. The highest BCUT2D eigenvalue weighted by atomic mass is 16.7. The van der Waals surface area contributed by atoms with E-state index in [1.807, 2.05) is 43.1 Å². The van der Waals surface area contributed by atoms with Gasteiger partial charge < -0.3 is 24.2 Å². The van der Waals surface area contributed by atoms with E-state index in [0.29, 0.717) is 12.4 Å². The van der Waals surface area contributed by atoms with Gasteiger partial charge >= 0.3 is 5.97 Å². The van der Waals surface area contributed by atoms with E-state index in [1.54, 1.807) is 6.08 Å². The molecule has 0 bridgehead atoms. The summed E-state index contributed by atoms with van der Waals surface area (Å²) in [6.07, 6.45) is 9.10. The number of hydrogen-bond donors (Lipinski definition) is 1. The second kappa shape index (κ2) is 15.4. The molecule has 2 aliphatic heterocycles. The van der Waals surface area contributed by atoms with Crippen molar-refractivity contribution in [3.05, 3.63) is 35.9 Å². The van der Waals surface area contributed by atoms with Crippen LogP contribution < -0.4 is 9.47 Å². The van der Waals surface area contributed by atoms with Gasteiger partial charge in [0.05, 0.1) is 19.1 Å². The summed E-state index contributed by atoms with van der Waals surface area (Å²) < 4.78 is 16.1. The lowest BCUT2D eigenvalue weighted by atomic mass is 9.85. The Balaban J connectivity index is 0.000000334. The van der Waals surface area contributed by atoms with Crippen molar-refractivity contribution < 1.29 is 28.9 Å². The van der Waals surface area contributed by atoms with E-state index in [-0.39, 0.29) is 37.2 Å². The molecule has 0 spiro atoms. The first kappa shape index (κ1) is 28.7. The molecule has 1 N–H and O–H groups in total. The molecule has 196 valence electrons. The van der Waals surface area contributed by atoms with Gasteiger partial charge in [0.2, 0.25) is 13.2 Å². The summed E-state index contributed by atoms with van der Waals surface area (Å²) >= 11 is 0. The van der Waals surface area contributed by atoms with Gasteiger partial charge in [0, 0.05) is 31.6 Å². The summed E-state index contributed by atoms with van der Waals surface area (Å²) in [5, 5.41) is 9.08. The van der Waals surface area contributed by atoms with Gasteiger partial charge in [0.15, 0.2) is 11.5 Å². The SMILES string of the molecule is CCCCN(C=O)CCCC.CCOC(=O)C1C(c2ccc3c(c2)OCO3)CN(C)C1C=CCO. The number of fused-ring (bicyclic) bond motifs is 1. The van der Waals surface area contributed by atoms with Crippen LogP contribution >= 0.6 is 0 Å². The van der Waals surface area contributed by atoms with E-state index in [9.17, 15) is 9.59 Å². The number of likely N-dealkylation sites (N-methyl/N-ethyl adjacent to an activating group) is 1. The average molecular weight is 491 g/mol. The number of carbonyl (C=O) groups excluding carboxylic acids is 2. The second-order valence-corrected chi connectivity index (χ2v) is 8.89. The molecule has 1 amide bonds. The van der Waals surface area contributed by atoms with Crippen molar-refractivity contribution >= 4 is 12.4 Å². The number of ether oxygens (including phenoxy) is 3. The number of rotatable bonds is 12. The highest BCUT2D eigenvalue weighted by Gasteiger charge is 2.45. The lowest BCUT2D eigenvalue weighted by Crippen LogP contribution is -2.33. The summed E-state index contributed by atoms with van der Waals surface area (Å²) in [7, 11) is 1.98. The van der Waals surface area contributed by atoms with Gasteiger partial charge in [-0.1, -0.05) is 44.9 Å². The Morgan fingerprint density at radius 3 is 2.46 bits per heavy atom. The minimum atomic E-state index is -0.321. The molecule has 1 fully saturated rings. The molecule has 2 aliphatic rings. The van der Waals surface area contributed by atoms with Crippen molar-refractivity contribution in [1.82, 2.24) is 9.80 Å². The van der Waals surface area contributed by atoms with Crippen LogP contribution in [0.4, 0.5) is 0 Å². The van der Waals surface area contributed by atoms with Gasteiger partial charge in [-0.3, -0.25) is 14.5 Å². The Labute approximate surface area is 209 Å². The van der Waals surface area contributed by atoms with Crippen molar-refractivity contribution in [3.63, 3.8) is 0 Å². The van der Waals surface area contributed by atoms with Crippen LogP contribution in [0.3, 0.4) is 0 Å². The number of likely N-dealkylation sites (tertiary alicyclic amines) is 1. The summed E-state index contributed by atoms with van der Waals surface area (Å²) in [5.41, 5.74) is 1.03. The van der Waals surface area contributed by atoms with Crippen molar-refractivity contribution in [2.75, 3.05) is 46.7 Å². The van der Waals surface area contributed by atoms with Crippen LogP contribution in [0.5, 0.6) is 11.5 Å². The third kappa shape index (κ3) is 8.25. The number of unbranched alkanes of at least 4 members (excludes halogenated alkanes) is 2. The molecule has 8 heteroatoms. The number of carbonyl (C=O) groups is 2. The Morgan fingerprint density at radius 2 is 1.86 bits per heavy atom. The highest BCUT2D eigenvalue weighted by molar-refractivity contribution is 5.76. The predicted molar refractivity (Wildman–Crippen MR) is 136 cm³/mol. The van der Waals surface area contributed by atoms with Crippen LogP contribution in [0.1, 0.15) is 57.9 Å². The van der Waals surface area contributed by atoms with Crippen LogP contribution in [0, 0.1) is 5.92 Å². The lowest BCUT2D eigenvalue weighted by molar-refractivity contribution is -0.148. The number of nitrogens with zero attached hydrogens (tertiary/aromatic N) is 2. The van der Waals surface area contributed by atoms with Crippen molar-refractivity contribution in [2.45, 2.75) is 58.4 Å². The minimum Gasteiger partial charge on any atom is -0.466 e. The Bertz CT molecular complexity index is 807. The maximum atomic E-state index is 12.6. The zero-order valence-electron chi connectivity index (χ0n) is 21.7.